The highest BCUT2D eigenvalue weighted by molar-refractivity contribution is 7.89. The molecule has 3 aromatic rings. The lowest BCUT2D eigenvalue weighted by Gasteiger charge is -2.09. The van der Waals surface area contributed by atoms with Crippen molar-refractivity contribution in [2.75, 3.05) is 6.54 Å². The van der Waals surface area contributed by atoms with Gasteiger partial charge in [-0.05, 0) is 30.7 Å². The molecule has 0 amide bonds. The molecule has 0 fully saturated rings. The minimum Gasteiger partial charge on any atom is -0.331 e. The lowest BCUT2D eigenvalue weighted by molar-refractivity contribution is 0.570. The van der Waals surface area contributed by atoms with Crippen LogP contribution in [-0.4, -0.2) is 24.5 Å². The Labute approximate surface area is 146 Å². The molecule has 130 valence electrons. The Morgan fingerprint density at radius 1 is 1.04 bits per heavy atom. The van der Waals surface area contributed by atoms with Crippen molar-refractivity contribution in [3.63, 3.8) is 0 Å². The summed E-state index contributed by atoms with van der Waals surface area (Å²) in [6, 6.07) is 14.6. The summed E-state index contributed by atoms with van der Waals surface area (Å²) in [5.74, 6) is 0.384. The number of sulfonamides is 1. The molecule has 1 heterocycles. The van der Waals surface area contributed by atoms with E-state index in [0.717, 1.165) is 23.5 Å². The number of hydrogen-bond donors (Lipinski definition) is 1. The van der Waals surface area contributed by atoms with Gasteiger partial charge in [-0.1, -0.05) is 30.3 Å². The second kappa shape index (κ2) is 7.58. The van der Waals surface area contributed by atoms with E-state index in [0.29, 0.717) is 13.0 Å². The molecule has 0 saturated carbocycles. The zero-order chi connectivity index (χ0) is 17.7. The van der Waals surface area contributed by atoms with Crippen molar-refractivity contribution in [3.05, 3.63) is 72.8 Å². The second-order valence-electron chi connectivity index (χ2n) is 5.52. The van der Waals surface area contributed by atoms with E-state index in [1.807, 2.05) is 41.1 Å². The van der Waals surface area contributed by atoms with Gasteiger partial charge in [0.05, 0.1) is 4.90 Å². The van der Waals surface area contributed by atoms with Crippen LogP contribution < -0.4 is 4.72 Å². The third-order valence-electron chi connectivity index (χ3n) is 3.74. The first-order valence-corrected chi connectivity index (χ1v) is 9.36. The third-order valence-corrected chi connectivity index (χ3v) is 5.22. The van der Waals surface area contributed by atoms with Gasteiger partial charge in [0.15, 0.2) is 0 Å². The molecule has 7 heteroatoms. The molecule has 25 heavy (non-hydrogen) atoms. The topological polar surface area (TPSA) is 64.0 Å². The number of benzene rings is 2. The van der Waals surface area contributed by atoms with Crippen LogP contribution in [0.15, 0.2) is 71.9 Å². The summed E-state index contributed by atoms with van der Waals surface area (Å²) in [5, 5.41) is 0. The Hall–Kier alpha value is -2.51. The fraction of sp³-hybridized carbons (Fsp3) is 0.167. The van der Waals surface area contributed by atoms with E-state index in [9.17, 15) is 12.8 Å². The summed E-state index contributed by atoms with van der Waals surface area (Å²) in [6.07, 6.45) is 4.21. The molecule has 3 rings (SSSR count). The molecule has 0 saturated heterocycles. The van der Waals surface area contributed by atoms with E-state index >= 15 is 0 Å². The van der Waals surface area contributed by atoms with Crippen LogP contribution in [-0.2, 0) is 16.6 Å². The van der Waals surface area contributed by atoms with Gasteiger partial charge in [0.1, 0.15) is 11.6 Å². The van der Waals surface area contributed by atoms with Crippen molar-refractivity contribution in [2.24, 2.45) is 0 Å². The largest absolute Gasteiger partial charge is 0.331 e. The fourth-order valence-corrected chi connectivity index (χ4v) is 3.56. The molecule has 0 aliphatic rings. The molecule has 5 nitrogen and oxygen atoms in total. The van der Waals surface area contributed by atoms with E-state index in [1.54, 1.807) is 6.20 Å². The Morgan fingerprint density at radius 3 is 2.48 bits per heavy atom. The maximum Gasteiger partial charge on any atom is 0.240 e. The van der Waals surface area contributed by atoms with Crippen molar-refractivity contribution >= 4 is 10.0 Å². The van der Waals surface area contributed by atoms with Crippen LogP contribution in [0.3, 0.4) is 0 Å². The number of halogens is 1. The molecular weight excluding hydrogens is 341 g/mol. The average Bonchev–Trinajstić information content (AvgIpc) is 3.08. The number of nitrogens with one attached hydrogen (secondary N) is 1. The van der Waals surface area contributed by atoms with Crippen LogP contribution in [0.1, 0.15) is 6.42 Å². The molecule has 0 unspecified atom stereocenters. The normalized spacial score (nSPS) is 11.6. The van der Waals surface area contributed by atoms with Crippen molar-refractivity contribution in [2.45, 2.75) is 17.9 Å². The average molecular weight is 359 g/mol. The maximum atomic E-state index is 12.9. The molecule has 0 atom stereocenters. The Morgan fingerprint density at radius 2 is 1.76 bits per heavy atom. The number of aromatic nitrogens is 2. The number of hydrogen-bond acceptors (Lipinski definition) is 3. The highest BCUT2D eigenvalue weighted by Gasteiger charge is 2.13. The highest BCUT2D eigenvalue weighted by Crippen LogP contribution is 2.17. The first-order chi connectivity index (χ1) is 12.1. The fourth-order valence-electron chi connectivity index (χ4n) is 2.49. The van der Waals surface area contributed by atoms with Gasteiger partial charge in [0, 0.05) is 31.0 Å². The van der Waals surface area contributed by atoms with Gasteiger partial charge in [-0.25, -0.2) is 22.5 Å². The zero-order valence-electron chi connectivity index (χ0n) is 13.5. The quantitative estimate of drug-likeness (QED) is 0.660. The van der Waals surface area contributed by atoms with Gasteiger partial charge in [-0.15, -0.1) is 0 Å². The minimum atomic E-state index is -3.62. The van der Waals surface area contributed by atoms with Crippen molar-refractivity contribution in [3.8, 4) is 11.4 Å². The van der Waals surface area contributed by atoms with Crippen LogP contribution in [0.25, 0.3) is 11.4 Å². The molecule has 2 aromatic carbocycles. The van der Waals surface area contributed by atoms with E-state index < -0.39 is 15.8 Å². The summed E-state index contributed by atoms with van der Waals surface area (Å²) in [7, 11) is -3.62. The van der Waals surface area contributed by atoms with E-state index in [1.165, 1.54) is 12.1 Å². The number of aryl methyl sites for hydroxylation is 1. The summed E-state index contributed by atoms with van der Waals surface area (Å²) in [4.78, 5) is 4.42. The molecule has 0 aliphatic carbocycles. The first-order valence-electron chi connectivity index (χ1n) is 7.88. The molecule has 0 bridgehead atoms. The standard InChI is InChI=1S/C18H18FN3O2S/c19-16-7-9-17(10-8-16)25(23,24)21-11-4-13-22-14-12-20-18(22)15-5-2-1-3-6-15/h1-3,5-10,12,14,21H,4,11,13H2. The maximum absolute atomic E-state index is 12.9. The third kappa shape index (κ3) is 4.32. The summed E-state index contributed by atoms with van der Waals surface area (Å²) in [5.41, 5.74) is 1.01. The van der Waals surface area contributed by atoms with Crippen LogP contribution in [0.4, 0.5) is 4.39 Å². The van der Waals surface area contributed by atoms with E-state index in [-0.39, 0.29) is 11.4 Å². The first kappa shape index (κ1) is 17.3. The monoisotopic (exact) mass is 359 g/mol. The van der Waals surface area contributed by atoms with Gasteiger partial charge < -0.3 is 4.57 Å². The second-order valence-corrected chi connectivity index (χ2v) is 7.28. The molecule has 0 radical (unpaired) electrons. The Balaban J connectivity index is 1.58. The summed E-state index contributed by atoms with van der Waals surface area (Å²) >= 11 is 0. The van der Waals surface area contributed by atoms with Gasteiger partial charge in [0.2, 0.25) is 10.0 Å². The Bertz CT molecular complexity index is 922. The number of nitrogens with zero attached hydrogens (tertiary/aromatic N) is 2. The highest BCUT2D eigenvalue weighted by atomic mass is 32.2. The van der Waals surface area contributed by atoms with Crippen molar-refractivity contribution in [1.29, 1.82) is 0 Å². The molecule has 1 aromatic heterocycles. The molecule has 0 spiro atoms. The SMILES string of the molecule is O=S(=O)(NCCCn1ccnc1-c1ccccc1)c1ccc(F)cc1. The van der Waals surface area contributed by atoms with Crippen molar-refractivity contribution in [1.82, 2.24) is 14.3 Å². The van der Waals surface area contributed by atoms with Crippen LogP contribution >= 0.6 is 0 Å². The zero-order valence-corrected chi connectivity index (χ0v) is 14.3. The van der Waals surface area contributed by atoms with E-state index in [4.69, 9.17) is 0 Å². The van der Waals surface area contributed by atoms with E-state index in [2.05, 4.69) is 9.71 Å². The van der Waals surface area contributed by atoms with Gasteiger partial charge in [0.25, 0.3) is 0 Å². The number of imidazole rings is 1. The lowest BCUT2D eigenvalue weighted by Crippen LogP contribution is -2.25. The predicted molar refractivity (Wildman–Crippen MR) is 93.9 cm³/mol. The number of rotatable bonds is 7. The van der Waals surface area contributed by atoms with Crippen LogP contribution in [0.2, 0.25) is 0 Å². The minimum absolute atomic E-state index is 0.0569. The lowest BCUT2D eigenvalue weighted by atomic mass is 10.2. The molecule has 1 N–H and O–H groups in total. The van der Waals surface area contributed by atoms with Crippen LogP contribution in [0.5, 0.6) is 0 Å². The van der Waals surface area contributed by atoms with Crippen LogP contribution in [0, 0.1) is 5.82 Å². The smallest absolute Gasteiger partial charge is 0.240 e. The molecule has 0 aliphatic heterocycles. The summed E-state index contributed by atoms with van der Waals surface area (Å²) < 4.78 is 41.7. The van der Waals surface area contributed by atoms with Gasteiger partial charge >= 0.3 is 0 Å². The Kier molecular flexibility index (Phi) is 5.25. The van der Waals surface area contributed by atoms with Gasteiger partial charge in [-0.2, -0.15) is 0 Å². The predicted octanol–water partition coefficient (Wildman–Crippen LogP) is 3.06. The molecular formula is C18H18FN3O2S. The van der Waals surface area contributed by atoms with Crippen molar-refractivity contribution < 1.29 is 12.8 Å². The van der Waals surface area contributed by atoms with Gasteiger partial charge in [-0.3, -0.25) is 0 Å². The summed E-state index contributed by atoms with van der Waals surface area (Å²) in [6.45, 7) is 0.919.